The van der Waals surface area contributed by atoms with Gasteiger partial charge in [0.15, 0.2) is 0 Å². The van der Waals surface area contributed by atoms with E-state index in [1.807, 2.05) is 0 Å². The molecule has 74 valence electrons. The molecule has 0 amide bonds. The molecule has 0 aliphatic heterocycles. The molecule has 1 aromatic carbocycles. The highest BCUT2D eigenvalue weighted by atomic mass is 16.6. The topological polar surface area (TPSA) is 93.6 Å². The number of nitrogens with one attached hydrogen (secondary N) is 1. The summed E-state index contributed by atoms with van der Waals surface area (Å²) in [7, 11) is 1.22. The quantitative estimate of drug-likeness (QED) is 0.343. The molecule has 7 heteroatoms. The van der Waals surface area contributed by atoms with Gasteiger partial charge in [-0.25, -0.2) is 0 Å². The highest BCUT2D eigenvalue weighted by molar-refractivity contribution is 5.47. The summed E-state index contributed by atoms with van der Waals surface area (Å²) < 4.78 is 0. The minimum atomic E-state index is -0.499. The van der Waals surface area contributed by atoms with Crippen LogP contribution in [0, 0.1) is 15.3 Å². The van der Waals surface area contributed by atoms with Gasteiger partial charge in [0.2, 0.25) is 0 Å². The fraction of sp³-hybridized carbons (Fsp3) is 0.143. The maximum absolute atomic E-state index is 10.4. The summed E-state index contributed by atoms with van der Waals surface area (Å²) in [6.07, 6.45) is 0. The maximum atomic E-state index is 10.4. The monoisotopic (exact) mass is 196 g/mol. The highest BCUT2D eigenvalue weighted by Gasteiger charge is 2.04. The van der Waals surface area contributed by atoms with Gasteiger partial charge in [-0.05, 0) is 12.1 Å². The first-order chi connectivity index (χ1) is 6.59. The highest BCUT2D eigenvalue weighted by Crippen LogP contribution is 2.14. The zero-order chi connectivity index (χ0) is 10.6. The van der Waals surface area contributed by atoms with Gasteiger partial charge in [-0.1, -0.05) is 0 Å². The average Bonchev–Trinajstić information content (AvgIpc) is 2.15. The minimum Gasteiger partial charge on any atom is -0.696 e. The Bertz CT molecular complexity index is 356. The van der Waals surface area contributed by atoms with E-state index in [4.69, 9.17) is 0 Å². The van der Waals surface area contributed by atoms with E-state index in [-0.39, 0.29) is 5.69 Å². The van der Waals surface area contributed by atoms with Crippen molar-refractivity contribution in [2.75, 3.05) is 12.5 Å². The first-order valence-corrected chi connectivity index (χ1v) is 3.71. The Morgan fingerprint density at radius 2 is 1.86 bits per heavy atom. The summed E-state index contributed by atoms with van der Waals surface area (Å²) in [5, 5.41) is 24.0. The number of nitro groups is 1. The van der Waals surface area contributed by atoms with Crippen LogP contribution in [-0.2, 0) is 0 Å². The van der Waals surface area contributed by atoms with Gasteiger partial charge in [-0.3, -0.25) is 10.1 Å². The number of nitrogens with zero attached hydrogens (tertiary/aromatic N) is 3. The normalized spacial score (nSPS) is 11.1. The number of nitro benzene ring substituents is 1. The second kappa shape index (κ2) is 4.17. The van der Waals surface area contributed by atoms with Gasteiger partial charge in [0.1, 0.15) is 12.7 Å². The lowest BCUT2D eigenvalue weighted by atomic mass is 10.3. The fourth-order valence-corrected chi connectivity index (χ4v) is 0.786. The molecule has 1 rings (SSSR count). The number of hydrogen-bond donors (Lipinski definition) is 1. The second-order valence-electron chi connectivity index (χ2n) is 2.48. The Balaban J connectivity index is 2.74. The van der Waals surface area contributed by atoms with Crippen molar-refractivity contribution < 1.29 is 9.78 Å². The van der Waals surface area contributed by atoms with E-state index in [2.05, 4.69) is 10.6 Å². The van der Waals surface area contributed by atoms with Gasteiger partial charge in [-0.15, -0.1) is 5.43 Å². The molecule has 0 fully saturated rings. The first kappa shape index (κ1) is 9.90. The molecule has 0 aliphatic rings. The average molecular weight is 196 g/mol. The van der Waals surface area contributed by atoms with Crippen molar-refractivity contribution in [3.05, 3.63) is 39.6 Å². The number of hydrogen-bond acceptors (Lipinski definition) is 4. The van der Waals surface area contributed by atoms with Crippen LogP contribution in [0.5, 0.6) is 0 Å². The lowest BCUT2D eigenvalue weighted by Crippen LogP contribution is -1.96. The molecule has 0 saturated carbocycles. The van der Waals surface area contributed by atoms with Crippen LogP contribution in [0.1, 0.15) is 0 Å². The maximum Gasteiger partial charge on any atom is 0.269 e. The van der Waals surface area contributed by atoms with Crippen LogP contribution in [0.15, 0.2) is 29.5 Å². The van der Waals surface area contributed by atoms with Crippen molar-refractivity contribution in [1.29, 1.82) is 0 Å². The Hall–Kier alpha value is -2.18. The second-order valence-corrected chi connectivity index (χ2v) is 2.48. The van der Waals surface area contributed by atoms with Crippen LogP contribution in [0.2, 0.25) is 0 Å². The summed E-state index contributed by atoms with van der Waals surface area (Å²) in [4.78, 5) is 10.1. The molecule has 0 saturated heterocycles. The van der Waals surface area contributed by atoms with Crippen molar-refractivity contribution in [1.82, 2.24) is 0 Å². The van der Waals surface area contributed by atoms with E-state index in [9.17, 15) is 15.3 Å². The van der Waals surface area contributed by atoms with E-state index < -0.39 is 4.92 Å². The molecule has 0 bridgehead atoms. The SMILES string of the molecule is C/[N+]([O-])=N\Nc1ccc([N+](=O)[O-])cc1. The predicted octanol–water partition coefficient (Wildman–Crippen LogP) is 1.51. The van der Waals surface area contributed by atoms with Crippen molar-refractivity contribution >= 4 is 11.4 Å². The van der Waals surface area contributed by atoms with Crippen LogP contribution < -0.4 is 5.43 Å². The number of benzene rings is 1. The number of anilines is 1. The smallest absolute Gasteiger partial charge is 0.269 e. The Morgan fingerprint density at radius 3 is 2.29 bits per heavy atom. The van der Waals surface area contributed by atoms with Crippen LogP contribution in [0.3, 0.4) is 0 Å². The van der Waals surface area contributed by atoms with E-state index in [0.29, 0.717) is 10.5 Å². The molecular formula is C7H8N4O3. The third-order valence-electron chi connectivity index (χ3n) is 1.40. The van der Waals surface area contributed by atoms with Gasteiger partial charge >= 0.3 is 0 Å². The Morgan fingerprint density at radius 1 is 1.29 bits per heavy atom. The zero-order valence-corrected chi connectivity index (χ0v) is 7.38. The molecule has 0 unspecified atom stereocenters. The van der Waals surface area contributed by atoms with Gasteiger partial charge in [0.25, 0.3) is 5.69 Å². The Labute approximate surface area is 79.4 Å². The van der Waals surface area contributed by atoms with Crippen molar-refractivity contribution in [2.45, 2.75) is 0 Å². The Kier molecular flexibility index (Phi) is 2.95. The van der Waals surface area contributed by atoms with Crippen LogP contribution in [-0.4, -0.2) is 16.8 Å². The summed E-state index contributed by atoms with van der Waals surface area (Å²) in [5.41, 5.74) is 2.93. The predicted molar refractivity (Wildman–Crippen MR) is 48.7 cm³/mol. The molecule has 1 N–H and O–H groups in total. The van der Waals surface area contributed by atoms with Gasteiger partial charge in [0, 0.05) is 12.1 Å². The molecule has 0 spiro atoms. The minimum absolute atomic E-state index is 0.00831. The zero-order valence-electron chi connectivity index (χ0n) is 7.38. The third-order valence-corrected chi connectivity index (χ3v) is 1.40. The van der Waals surface area contributed by atoms with Crippen LogP contribution in [0.25, 0.3) is 0 Å². The van der Waals surface area contributed by atoms with E-state index in [1.54, 1.807) is 0 Å². The largest absolute Gasteiger partial charge is 0.696 e. The molecule has 1 aromatic rings. The first-order valence-electron chi connectivity index (χ1n) is 3.71. The van der Waals surface area contributed by atoms with Gasteiger partial charge in [-0.2, -0.15) is 4.86 Å². The lowest BCUT2D eigenvalue weighted by molar-refractivity contribution is -0.497. The molecular weight excluding hydrogens is 188 g/mol. The van der Waals surface area contributed by atoms with E-state index in [1.165, 1.54) is 31.3 Å². The fourth-order valence-electron chi connectivity index (χ4n) is 0.786. The molecule has 0 aromatic heterocycles. The molecule has 14 heavy (non-hydrogen) atoms. The van der Waals surface area contributed by atoms with E-state index in [0.717, 1.165) is 0 Å². The molecule has 0 heterocycles. The lowest BCUT2D eigenvalue weighted by Gasteiger charge is -1.97. The van der Waals surface area contributed by atoms with Crippen LogP contribution >= 0.6 is 0 Å². The van der Waals surface area contributed by atoms with Crippen molar-refractivity contribution in [3.8, 4) is 0 Å². The summed E-state index contributed by atoms with van der Waals surface area (Å²) >= 11 is 0. The molecule has 7 nitrogen and oxygen atoms in total. The van der Waals surface area contributed by atoms with Crippen LogP contribution in [0.4, 0.5) is 11.4 Å². The molecule has 0 aliphatic carbocycles. The third kappa shape index (κ3) is 2.70. The van der Waals surface area contributed by atoms with Crippen molar-refractivity contribution in [3.63, 3.8) is 0 Å². The van der Waals surface area contributed by atoms with Gasteiger partial charge in [0.05, 0.1) is 10.1 Å². The summed E-state index contributed by atoms with van der Waals surface area (Å²) in [6, 6.07) is 5.57. The van der Waals surface area contributed by atoms with E-state index >= 15 is 0 Å². The summed E-state index contributed by atoms with van der Waals surface area (Å²) in [5.74, 6) is 0. The van der Waals surface area contributed by atoms with Crippen molar-refractivity contribution in [2.24, 2.45) is 5.22 Å². The molecule has 0 atom stereocenters. The number of rotatable bonds is 3. The van der Waals surface area contributed by atoms with Gasteiger partial charge < -0.3 is 5.21 Å². The number of hydroxylamine groups is 1. The number of non-ortho nitro benzene ring substituents is 1. The molecule has 0 radical (unpaired) electrons. The standard InChI is InChI=1S/C7H8N4O3/c1-10(12)9-8-6-2-4-7(5-3-6)11(13)14/h2-5,8H,1H3/b10-9+. The summed E-state index contributed by atoms with van der Waals surface area (Å²) in [6.45, 7) is 0.